The fraction of sp³-hybridized carbons (Fsp3) is 0.294. The molecule has 0 saturated carbocycles. The van der Waals surface area contributed by atoms with Crippen LogP contribution in [0.15, 0.2) is 46.6 Å². The minimum atomic E-state index is -0.969. The molecule has 23 heavy (non-hydrogen) atoms. The molecule has 0 unspecified atom stereocenters. The second-order valence-corrected chi connectivity index (χ2v) is 6.88. The number of nitrogens with zero attached hydrogens (tertiary/aromatic N) is 2. The summed E-state index contributed by atoms with van der Waals surface area (Å²) in [5.41, 5.74) is 0.504. The Bertz CT molecular complexity index is 855. The third kappa shape index (κ3) is 3.50. The van der Waals surface area contributed by atoms with Gasteiger partial charge < -0.3 is 10.1 Å². The predicted octanol–water partition coefficient (Wildman–Crippen LogP) is 2.32. The van der Waals surface area contributed by atoms with Gasteiger partial charge in [0.05, 0.1) is 17.7 Å². The van der Waals surface area contributed by atoms with Gasteiger partial charge in [-0.1, -0.05) is 30.3 Å². The summed E-state index contributed by atoms with van der Waals surface area (Å²) in [6.07, 6.45) is 0. The van der Waals surface area contributed by atoms with Crippen LogP contribution in [0.1, 0.15) is 18.3 Å². The first-order valence-corrected chi connectivity index (χ1v) is 8.26. The molecular weight excluding hydrogens is 310 g/mol. The van der Waals surface area contributed by atoms with E-state index in [2.05, 4.69) is 9.97 Å². The second-order valence-electron chi connectivity index (χ2n) is 5.96. The highest BCUT2D eigenvalue weighted by molar-refractivity contribution is 7.17. The number of aromatic nitrogens is 2. The highest BCUT2D eigenvalue weighted by atomic mass is 32.1. The number of likely N-dealkylation sites (N-methyl/N-ethyl adjacent to an activating group) is 1. The maximum absolute atomic E-state index is 12.0. The lowest BCUT2D eigenvalue weighted by Crippen LogP contribution is -2.37. The molecule has 0 aliphatic heterocycles. The quantitative estimate of drug-likeness (QED) is 0.754. The summed E-state index contributed by atoms with van der Waals surface area (Å²) in [6, 6.07) is 11.4. The van der Waals surface area contributed by atoms with Gasteiger partial charge in [0.25, 0.3) is 5.56 Å². The lowest BCUT2D eigenvalue weighted by atomic mass is 9.95. The van der Waals surface area contributed by atoms with Crippen LogP contribution >= 0.6 is 11.3 Å². The van der Waals surface area contributed by atoms with E-state index >= 15 is 0 Å². The second kappa shape index (κ2) is 6.23. The molecule has 3 rings (SSSR count). The van der Waals surface area contributed by atoms with Gasteiger partial charge in [0, 0.05) is 6.54 Å². The molecule has 5 nitrogen and oxygen atoms in total. The van der Waals surface area contributed by atoms with E-state index in [1.165, 1.54) is 11.3 Å². The Morgan fingerprint density at radius 1 is 1.30 bits per heavy atom. The van der Waals surface area contributed by atoms with Crippen molar-refractivity contribution in [3.8, 4) is 0 Å². The van der Waals surface area contributed by atoms with Gasteiger partial charge in [-0.2, -0.15) is 0 Å². The third-order valence-electron chi connectivity index (χ3n) is 3.76. The Labute approximate surface area is 138 Å². The van der Waals surface area contributed by atoms with Gasteiger partial charge in [0.2, 0.25) is 0 Å². The maximum Gasteiger partial charge on any atom is 0.268 e. The molecule has 0 amide bonds. The van der Waals surface area contributed by atoms with E-state index in [4.69, 9.17) is 0 Å². The van der Waals surface area contributed by atoms with Crippen LogP contribution in [0.4, 0.5) is 0 Å². The molecule has 0 bridgehead atoms. The highest BCUT2D eigenvalue weighted by Gasteiger charge is 2.25. The van der Waals surface area contributed by atoms with Crippen LogP contribution in [0.25, 0.3) is 10.2 Å². The largest absolute Gasteiger partial charge is 0.384 e. The van der Waals surface area contributed by atoms with Crippen molar-refractivity contribution in [1.82, 2.24) is 14.9 Å². The van der Waals surface area contributed by atoms with Gasteiger partial charge in [-0.3, -0.25) is 9.69 Å². The van der Waals surface area contributed by atoms with E-state index in [0.717, 1.165) is 11.1 Å². The molecule has 0 saturated heterocycles. The van der Waals surface area contributed by atoms with Crippen molar-refractivity contribution in [2.45, 2.75) is 19.1 Å². The number of aromatic amines is 1. The number of hydrogen-bond acceptors (Lipinski definition) is 5. The van der Waals surface area contributed by atoms with Gasteiger partial charge in [-0.05, 0) is 31.0 Å². The monoisotopic (exact) mass is 329 g/mol. The van der Waals surface area contributed by atoms with Crippen LogP contribution in [0.5, 0.6) is 0 Å². The number of rotatable bonds is 5. The Balaban J connectivity index is 1.75. The smallest absolute Gasteiger partial charge is 0.268 e. The maximum atomic E-state index is 12.0. The van der Waals surface area contributed by atoms with Crippen LogP contribution in [0, 0.1) is 0 Å². The van der Waals surface area contributed by atoms with Crippen molar-refractivity contribution in [1.29, 1.82) is 0 Å². The van der Waals surface area contributed by atoms with Gasteiger partial charge >= 0.3 is 0 Å². The number of H-pyrrole nitrogens is 1. The average Bonchev–Trinajstić information content (AvgIpc) is 2.96. The zero-order valence-electron chi connectivity index (χ0n) is 13.1. The average molecular weight is 329 g/mol. The first-order valence-electron chi connectivity index (χ1n) is 7.38. The van der Waals surface area contributed by atoms with Gasteiger partial charge in [0.1, 0.15) is 10.5 Å². The molecule has 2 N–H and O–H groups in total. The van der Waals surface area contributed by atoms with Crippen molar-refractivity contribution in [2.24, 2.45) is 0 Å². The molecule has 0 radical (unpaired) electrons. The summed E-state index contributed by atoms with van der Waals surface area (Å²) in [5, 5.41) is 12.6. The summed E-state index contributed by atoms with van der Waals surface area (Å²) < 4.78 is 0.646. The van der Waals surface area contributed by atoms with Crippen molar-refractivity contribution in [3.05, 3.63) is 63.5 Å². The SMILES string of the molecule is CN(Cc1nc2ccsc2c(=O)[nH]1)C[C@@](C)(O)c1ccccc1. The van der Waals surface area contributed by atoms with Gasteiger partial charge in [-0.15, -0.1) is 11.3 Å². The Morgan fingerprint density at radius 3 is 2.78 bits per heavy atom. The number of aliphatic hydroxyl groups is 1. The van der Waals surface area contributed by atoms with E-state index in [1.54, 1.807) is 6.92 Å². The van der Waals surface area contributed by atoms with Crippen LogP contribution in [-0.2, 0) is 12.1 Å². The van der Waals surface area contributed by atoms with E-state index in [-0.39, 0.29) is 5.56 Å². The van der Waals surface area contributed by atoms with E-state index < -0.39 is 5.60 Å². The summed E-state index contributed by atoms with van der Waals surface area (Å²) in [7, 11) is 1.90. The summed E-state index contributed by atoms with van der Waals surface area (Å²) >= 11 is 1.39. The highest BCUT2D eigenvalue weighted by Crippen LogP contribution is 2.21. The Morgan fingerprint density at radius 2 is 2.04 bits per heavy atom. The number of benzene rings is 1. The van der Waals surface area contributed by atoms with Crippen LogP contribution in [-0.4, -0.2) is 33.6 Å². The molecule has 1 aromatic carbocycles. The zero-order chi connectivity index (χ0) is 16.4. The molecule has 6 heteroatoms. The lowest BCUT2D eigenvalue weighted by Gasteiger charge is -2.29. The van der Waals surface area contributed by atoms with E-state index in [1.807, 2.05) is 53.7 Å². The first-order chi connectivity index (χ1) is 11.0. The van der Waals surface area contributed by atoms with E-state index in [9.17, 15) is 9.90 Å². The number of thiophene rings is 1. The molecular formula is C17H19N3O2S. The Kier molecular flexibility index (Phi) is 4.30. The Hall–Kier alpha value is -2.02. The van der Waals surface area contributed by atoms with E-state index in [0.29, 0.717) is 23.6 Å². The van der Waals surface area contributed by atoms with Gasteiger partial charge in [-0.25, -0.2) is 4.98 Å². The molecule has 0 aliphatic carbocycles. The fourth-order valence-corrected chi connectivity index (χ4v) is 3.45. The normalized spacial score (nSPS) is 14.3. The van der Waals surface area contributed by atoms with Crippen LogP contribution in [0.2, 0.25) is 0 Å². The summed E-state index contributed by atoms with van der Waals surface area (Å²) in [5.74, 6) is 0.604. The van der Waals surface area contributed by atoms with Crippen molar-refractivity contribution in [3.63, 3.8) is 0 Å². The molecule has 2 heterocycles. The summed E-state index contributed by atoms with van der Waals surface area (Å²) in [6.45, 7) is 2.68. The molecule has 0 fully saturated rings. The summed E-state index contributed by atoms with van der Waals surface area (Å²) in [4.78, 5) is 21.2. The molecule has 120 valence electrons. The number of nitrogens with one attached hydrogen (secondary N) is 1. The van der Waals surface area contributed by atoms with Crippen LogP contribution in [0.3, 0.4) is 0 Å². The molecule has 2 aromatic heterocycles. The van der Waals surface area contributed by atoms with Crippen molar-refractivity contribution >= 4 is 21.6 Å². The third-order valence-corrected chi connectivity index (χ3v) is 4.66. The fourth-order valence-electron chi connectivity index (χ4n) is 2.72. The zero-order valence-corrected chi connectivity index (χ0v) is 13.9. The van der Waals surface area contributed by atoms with Crippen molar-refractivity contribution in [2.75, 3.05) is 13.6 Å². The molecule has 0 aliphatic rings. The topological polar surface area (TPSA) is 69.2 Å². The minimum Gasteiger partial charge on any atom is -0.384 e. The van der Waals surface area contributed by atoms with Crippen molar-refractivity contribution < 1.29 is 5.11 Å². The lowest BCUT2D eigenvalue weighted by molar-refractivity contribution is 0.0208. The molecule has 3 aromatic rings. The number of fused-ring (bicyclic) bond motifs is 1. The first kappa shape index (κ1) is 15.9. The predicted molar refractivity (Wildman–Crippen MR) is 92.6 cm³/mol. The van der Waals surface area contributed by atoms with Gasteiger partial charge in [0.15, 0.2) is 0 Å². The van der Waals surface area contributed by atoms with Crippen LogP contribution < -0.4 is 5.56 Å². The number of hydrogen-bond donors (Lipinski definition) is 2. The molecule has 1 atom stereocenters. The standard InChI is InChI=1S/C17H19N3O2S/c1-17(22,12-6-4-3-5-7-12)11-20(2)10-14-18-13-8-9-23-15(13)16(21)19-14/h3-9,22H,10-11H2,1-2H3,(H,18,19,21)/t17-/m1/s1. The minimum absolute atomic E-state index is 0.108. The molecule has 0 spiro atoms.